The van der Waals surface area contributed by atoms with E-state index in [0.717, 1.165) is 29.2 Å². The lowest BCUT2D eigenvalue weighted by molar-refractivity contribution is 0.507. The first-order chi connectivity index (χ1) is 10.3. The first-order valence-corrected chi connectivity index (χ1v) is 7.04. The average Bonchev–Trinajstić information content (AvgIpc) is 2.99. The predicted octanol–water partition coefficient (Wildman–Crippen LogP) is 3.18. The Labute approximate surface area is 124 Å². The van der Waals surface area contributed by atoms with E-state index in [4.69, 9.17) is 9.40 Å². The summed E-state index contributed by atoms with van der Waals surface area (Å²) >= 11 is 0. The smallest absolute Gasteiger partial charge is 0.136 e. The molecule has 3 aromatic rings. The Morgan fingerprint density at radius 1 is 1.19 bits per heavy atom. The van der Waals surface area contributed by atoms with Crippen LogP contribution in [0.3, 0.4) is 0 Å². The topological polar surface area (TPSA) is 41.3 Å². The highest BCUT2D eigenvalue weighted by atomic mass is 16.3. The van der Waals surface area contributed by atoms with Crippen LogP contribution < -0.4 is 10.2 Å². The van der Waals surface area contributed by atoms with Gasteiger partial charge in [0.1, 0.15) is 11.6 Å². The molecular formula is C17H19N3O. The second-order valence-corrected chi connectivity index (χ2v) is 5.12. The first-order valence-electron chi connectivity index (χ1n) is 7.04. The molecule has 1 aromatic carbocycles. The molecule has 4 nitrogen and oxygen atoms in total. The molecule has 21 heavy (non-hydrogen) atoms. The van der Waals surface area contributed by atoms with Gasteiger partial charge in [0.05, 0.1) is 18.5 Å². The standard InChI is InChI=1S/C17H19N3O/c1-18-11-14-10-13-6-3-4-8-16(13)17(19-14)20(2)12-15-7-5-9-21-15/h3-10,18H,11-12H2,1-2H3. The molecule has 0 fully saturated rings. The summed E-state index contributed by atoms with van der Waals surface area (Å²) in [4.78, 5) is 6.92. The fourth-order valence-electron chi connectivity index (χ4n) is 2.51. The van der Waals surface area contributed by atoms with Crippen LogP contribution in [-0.2, 0) is 13.1 Å². The molecule has 2 aromatic heterocycles. The van der Waals surface area contributed by atoms with E-state index in [9.17, 15) is 0 Å². The van der Waals surface area contributed by atoms with Crippen molar-refractivity contribution in [3.05, 3.63) is 60.2 Å². The monoisotopic (exact) mass is 281 g/mol. The Bertz CT molecular complexity index is 722. The van der Waals surface area contributed by atoms with Crippen molar-refractivity contribution in [3.63, 3.8) is 0 Å². The summed E-state index contributed by atoms with van der Waals surface area (Å²) in [5.74, 6) is 1.91. The summed E-state index contributed by atoms with van der Waals surface area (Å²) < 4.78 is 5.43. The Morgan fingerprint density at radius 3 is 2.81 bits per heavy atom. The van der Waals surface area contributed by atoms with Crippen LogP contribution in [0.4, 0.5) is 5.82 Å². The van der Waals surface area contributed by atoms with E-state index in [1.165, 1.54) is 5.39 Å². The van der Waals surface area contributed by atoms with Gasteiger partial charge in [-0.1, -0.05) is 24.3 Å². The number of nitrogens with one attached hydrogen (secondary N) is 1. The fourth-order valence-corrected chi connectivity index (χ4v) is 2.51. The van der Waals surface area contributed by atoms with E-state index < -0.39 is 0 Å². The maximum absolute atomic E-state index is 5.43. The number of hydrogen-bond donors (Lipinski definition) is 1. The molecule has 2 heterocycles. The number of rotatable bonds is 5. The first kappa shape index (κ1) is 13.6. The molecule has 0 aliphatic rings. The van der Waals surface area contributed by atoms with Gasteiger partial charge in [-0.2, -0.15) is 0 Å². The number of pyridine rings is 1. The molecule has 3 rings (SSSR count). The van der Waals surface area contributed by atoms with Crippen LogP contribution in [0, 0.1) is 0 Å². The van der Waals surface area contributed by atoms with Gasteiger partial charge < -0.3 is 14.6 Å². The van der Waals surface area contributed by atoms with Crippen molar-refractivity contribution in [3.8, 4) is 0 Å². The van der Waals surface area contributed by atoms with Crippen molar-refractivity contribution in [2.45, 2.75) is 13.1 Å². The highest BCUT2D eigenvalue weighted by Crippen LogP contribution is 2.26. The molecule has 0 radical (unpaired) electrons. The van der Waals surface area contributed by atoms with Gasteiger partial charge in [0.15, 0.2) is 0 Å². The van der Waals surface area contributed by atoms with Crippen molar-refractivity contribution in [1.29, 1.82) is 0 Å². The lowest BCUT2D eigenvalue weighted by Crippen LogP contribution is -2.19. The van der Waals surface area contributed by atoms with Crippen molar-refractivity contribution in [2.75, 3.05) is 19.0 Å². The van der Waals surface area contributed by atoms with E-state index in [0.29, 0.717) is 6.54 Å². The number of anilines is 1. The van der Waals surface area contributed by atoms with Crippen LogP contribution >= 0.6 is 0 Å². The average molecular weight is 281 g/mol. The molecule has 0 aliphatic carbocycles. The maximum Gasteiger partial charge on any atom is 0.136 e. The van der Waals surface area contributed by atoms with E-state index in [-0.39, 0.29) is 0 Å². The number of fused-ring (bicyclic) bond motifs is 1. The molecule has 0 atom stereocenters. The zero-order chi connectivity index (χ0) is 14.7. The lowest BCUT2D eigenvalue weighted by atomic mass is 10.1. The fraction of sp³-hybridized carbons (Fsp3) is 0.235. The maximum atomic E-state index is 5.43. The minimum Gasteiger partial charge on any atom is -0.467 e. The van der Waals surface area contributed by atoms with Gasteiger partial charge in [-0.3, -0.25) is 0 Å². The molecule has 0 aliphatic heterocycles. The summed E-state index contributed by atoms with van der Waals surface area (Å²) in [5, 5.41) is 5.53. The number of benzene rings is 1. The van der Waals surface area contributed by atoms with Crippen LogP contribution in [-0.4, -0.2) is 19.1 Å². The predicted molar refractivity (Wildman–Crippen MR) is 85.3 cm³/mol. The van der Waals surface area contributed by atoms with Crippen molar-refractivity contribution in [2.24, 2.45) is 0 Å². The van der Waals surface area contributed by atoms with E-state index in [2.05, 4.69) is 34.5 Å². The molecule has 0 amide bonds. The Kier molecular flexibility index (Phi) is 3.88. The normalized spacial score (nSPS) is 11.0. The highest BCUT2D eigenvalue weighted by Gasteiger charge is 2.11. The van der Waals surface area contributed by atoms with Gasteiger partial charge in [-0.05, 0) is 30.6 Å². The van der Waals surface area contributed by atoms with Gasteiger partial charge in [0.25, 0.3) is 0 Å². The molecule has 1 N–H and O–H groups in total. The molecule has 4 heteroatoms. The summed E-state index contributed by atoms with van der Waals surface area (Å²) in [6.45, 7) is 1.46. The van der Waals surface area contributed by atoms with Crippen LogP contribution in [0.2, 0.25) is 0 Å². The van der Waals surface area contributed by atoms with Crippen molar-refractivity contribution < 1.29 is 4.42 Å². The summed E-state index contributed by atoms with van der Waals surface area (Å²) in [7, 11) is 3.98. The molecule has 0 saturated carbocycles. The second-order valence-electron chi connectivity index (χ2n) is 5.12. The van der Waals surface area contributed by atoms with Crippen LogP contribution in [0.5, 0.6) is 0 Å². The second kappa shape index (κ2) is 5.97. The lowest BCUT2D eigenvalue weighted by Gasteiger charge is -2.20. The molecule has 0 bridgehead atoms. The number of hydrogen-bond acceptors (Lipinski definition) is 4. The largest absolute Gasteiger partial charge is 0.467 e. The Morgan fingerprint density at radius 2 is 2.05 bits per heavy atom. The highest BCUT2D eigenvalue weighted by molar-refractivity contribution is 5.92. The zero-order valence-electron chi connectivity index (χ0n) is 12.3. The van der Waals surface area contributed by atoms with Gasteiger partial charge in [-0.15, -0.1) is 0 Å². The molecule has 0 saturated heterocycles. The van der Waals surface area contributed by atoms with Gasteiger partial charge in [0.2, 0.25) is 0 Å². The molecular weight excluding hydrogens is 262 g/mol. The van der Waals surface area contributed by atoms with Crippen LogP contribution in [0.25, 0.3) is 10.8 Å². The zero-order valence-corrected chi connectivity index (χ0v) is 12.3. The van der Waals surface area contributed by atoms with Crippen LogP contribution in [0.15, 0.2) is 53.1 Å². The van der Waals surface area contributed by atoms with E-state index >= 15 is 0 Å². The van der Waals surface area contributed by atoms with Gasteiger partial charge in [0, 0.05) is 19.0 Å². The van der Waals surface area contributed by atoms with Gasteiger partial charge in [-0.25, -0.2) is 4.98 Å². The third-order valence-corrected chi connectivity index (χ3v) is 3.47. The summed E-state index contributed by atoms with van der Waals surface area (Å²) in [6.07, 6.45) is 1.70. The number of furan rings is 1. The molecule has 0 unspecified atom stereocenters. The van der Waals surface area contributed by atoms with Crippen molar-refractivity contribution >= 4 is 16.6 Å². The summed E-state index contributed by atoms with van der Waals surface area (Å²) in [5.41, 5.74) is 1.04. The van der Waals surface area contributed by atoms with Gasteiger partial charge >= 0.3 is 0 Å². The minimum absolute atomic E-state index is 0.701. The SMILES string of the molecule is CNCc1cc2ccccc2c(N(C)Cc2ccco2)n1. The Balaban J connectivity index is 2.02. The third kappa shape index (κ3) is 2.90. The minimum atomic E-state index is 0.701. The molecule has 0 spiro atoms. The van der Waals surface area contributed by atoms with Crippen molar-refractivity contribution in [1.82, 2.24) is 10.3 Å². The quantitative estimate of drug-likeness (QED) is 0.780. The number of nitrogens with zero attached hydrogens (tertiary/aromatic N) is 2. The molecule has 108 valence electrons. The van der Waals surface area contributed by atoms with E-state index in [1.807, 2.05) is 32.3 Å². The summed E-state index contributed by atoms with van der Waals surface area (Å²) in [6, 6.07) is 14.4. The van der Waals surface area contributed by atoms with E-state index in [1.54, 1.807) is 6.26 Å². The third-order valence-electron chi connectivity index (χ3n) is 3.47. The van der Waals surface area contributed by atoms with Crippen LogP contribution in [0.1, 0.15) is 11.5 Å². The Hall–Kier alpha value is -2.33. The number of aromatic nitrogens is 1.